The minimum atomic E-state index is -1.45. The summed E-state index contributed by atoms with van der Waals surface area (Å²) in [5, 5.41) is 0. The van der Waals surface area contributed by atoms with Crippen LogP contribution in [-0.4, -0.2) is 53.2 Å². The molecule has 0 saturated carbocycles. The molecular formula is C22H45N2NaO2. The van der Waals surface area contributed by atoms with Gasteiger partial charge in [0.15, 0.2) is 11.6 Å². The van der Waals surface area contributed by atoms with Crippen LogP contribution in [0.4, 0.5) is 0 Å². The van der Waals surface area contributed by atoms with Crippen molar-refractivity contribution < 1.29 is 9.59 Å². The molecule has 5 heteroatoms. The zero-order chi connectivity index (χ0) is 19.7. The number of ketones is 2. The fraction of sp³-hybridized carbons (Fsp3) is 0.909. The van der Waals surface area contributed by atoms with Crippen LogP contribution in [0.3, 0.4) is 0 Å². The summed E-state index contributed by atoms with van der Waals surface area (Å²) in [6.07, 6.45) is 16.8. The molecule has 0 rings (SSSR count). The molecule has 0 spiro atoms. The summed E-state index contributed by atoms with van der Waals surface area (Å²) in [5.41, 5.74) is 10.4. The van der Waals surface area contributed by atoms with Gasteiger partial charge in [-0.1, -0.05) is 90.9 Å². The van der Waals surface area contributed by atoms with Crippen LogP contribution < -0.4 is 11.5 Å². The first-order valence-electron chi connectivity index (χ1n) is 11.1. The number of hydrogen-bond acceptors (Lipinski definition) is 4. The van der Waals surface area contributed by atoms with Crippen LogP contribution in [0.5, 0.6) is 0 Å². The number of unbranched alkanes of at least 4 members (excludes halogenated alkanes) is 12. The van der Waals surface area contributed by atoms with Gasteiger partial charge in [-0.15, -0.1) is 0 Å². The Bertz CT molecular complexity index is 345. The molecule has 4 nitrogen and oxygen atoms in total. The first-order valence-corrected chi connectivity index (χ1v) is 11.1. The molecule has 4 N–H and O–H groups in total. The molecule has 0 bridgehead atoms. The Hall–Kier alpha value is 0.260. The van der Waals surface area contributed by atoms with E-state index in [9.17, 15) is 9.59 Å². The van der Waals surface area contributed by atoms with Crippen LogP contribution in [0.2, 0.25) is 0 Å². The number of carbonyl (C=O) groups is 2. The Labute approximate surface area is 190 Å². The summed E-state index contributed by atoms with van der Waals surface area (Å²) in [5.74, 6) is -0.331. The van der Waals surface area contributed by atoms with Crippen molar-refractivity contribution >= 4 is 41.1 Å². The maximum absolute atomic E-state index is 12.5. The third-order valence-electron chi connectivity index (χ3n) is 5.33. The minimum absolute atomic E-state index is 0. The molecule has 27 heavy (non-hydrogen) atoms. The van der Waals surface area contributed by atoms with E-state index in [1.807, 2.05) is 0 Å². The SMILES string of the molecule is CCCCCCCCCC(=O)C(N)(CN)C(=O)CCCCCCCCC.[NaH]. The fourth-order valence-corrected chi connectivity index (χ4v) is 3.31. The molecule has 0 amide bonds. The molecule has 0 aromatic heterocycles. The number of nitrogens with two attached hydrogens (primary N) is 2. The number of carbonyl (C=O) groups excluding carboxylic acids is 2. The molecule has 0 unspecified atom stereocenters. The van der Waals surface area contributed by atoms with Crippen LogP contribution >= 0.6 is 0 Å². The Morgan fingerprint density at radius 2 is 0.926 bits per heavy atom. The summed E-state index contributed by atoms with van der Waals surface area (Å²) in [6.45, 7) is 4.34. The van der Waals surface area contributed by atoms with Gasteiger partial charge in [-0.25, -0.2) is 0 Å². The quantitative estimate of drug-likeness (QED) is 0.194. The van der Waals surface area contributed by atoms with Crippen LogP contribution in [0, 0.1) is 0 Å². The molecule has 0 fully saturated rings. The van der Waals surface area contributed by atoms with Crippen LogP contribution in [0.1, 0.15) is 117 Å². The van der Waals surface area contributed by atoms with Gasteiger partial charge in [0.25, 0.3) is 0 Å². The summed E-state index contributed by atoms with van der Waals surface area (Å²) in [7, 11) is 0. The first-order chi connectivity index (χ1) is 12.5. The van der Waals surface area contributed by atoms with Crippen molar-refractivity contribution in [3.63, 3.8) is 0 Å². The Balaban J connectivity index is 0. The van der Waals surface area contributed by atoms with Gasteiger partial charge in [-0.2, -0.15) is 0 Å². The van der Waals surface area contributed by atoms with Gasteiger partial charge in [0.1, 0.15) is 5.54 Å². The summed E-state index contributed by atoms with van der Waals surface area (Å²) < 4.78 is 0. The van der Waals surface area contributed by atoms with Gasteiger partial charge in [-0.05, 0) is 12.8 Å². The Morgan fingerprint density at radius 1 is 0.630 bits per heavy atom. The van der Waals surface area contributed by atoms with E-state index < -0.39 is 5.54 Å². The summed E-state index contributed by atoms with van der Waals surface area (Å²) in [4.78, 5) is 24.9. The molecule has 0 aliphatic carbocycles. The average Bonchev–Trinajstić information content (AvgIpc) is 2.65. The normalized spacial score (nSPS) is 11.3. The number of hydrogen-bond donors (Lipinski definition) is 2. The zero-order valence-electron chi connectivity index (χ0n) is 17.5. The predicted molar refractivity (Wildman–Crippen MR) is 118 cm³/mol. The van der Waals surface area contributed by atoms with Crippen LogP contribution in [0.15, 0.2) is 0 Å². The van der Waals surface area contributed by atoms with Crippen molar-refractivity contribution in [3.05, 3.63) is 0 Å². The summed E-state index contributed by atoms with van der Waals surface area (Å²) in [6, 6.07) is 0. The second kappa shape index (κ2) is 19.6. The van der Waals surface area contributed by atoms with E-state index in [4.69, 9.17) is 11.5 Å². The van der Waals surface area contributed by atoms with Crippen molar-refractivity contribution in [1.29, 1.82) is 0 Å². The predicted octanol–water partition coefficient (Wildman–Crippen LogP) is 4.41. The maximum atomic E-state index is 12.5. The van der Waals surface area contributed by atoms with E-state index in [0.29, 0.717) is 12.8 Å². The molecule has 0 radical (unpaired) electrons. The molecule has 0 aliphatic heterocycles. The van der Waals surface area contributed by atoms with Gasteiger partial charge in [-0.3, -0.25) is 9.59 Å². The Morgan fingerprint density at radius 3 is 1.22 bits per heavy atom. The van der Waals surface area contributed by atoms with Crippen LogP contribution in [0.25, 0.3) is 0 Å². The van der Waals surface area contributed by atoms with Crippen molar-refractivity contribution in [2.45, 2.75) is 122 Å². The molecule has 0 atom stereocenters. The molecule has 0 saturated heterocycles. The Kier molecular flexibility index (Phi) is 21.4. The van der Waals surface area contributed by atoms with Gasteiger partial charge < -0.3 is 11.5 Å². The van der Waals surface area contributed by atoms with E-state index in [-0.39, 0.29) is 47.7 Å². The van der Waals surface area contributed by atoms with Crippen LogP contribution in [-0.2, 0) is 9.59 Å². The molecular weight excluding hydrogens is 347 g/mol. The monoisotopic (exact) mass is 392 g/mol. The van der Waals surface area contributed by atoms with E-state index >= 15 is 0 Å². The molecule has 0 aliphatic rings. The second-order valence-electron chi connectivity index (χ2n) is 7.76. The van der Waals surface area contributed by atoms with E-state index in [0.717, 1.165) is 38.5 Å². The second-order valence-corrected chi connectivity index (χ2v) is 7.76. The van der Waals surface area contributed by atoms with E-state index in [1.54, 1.807) is 0 Å². The number of Topliss-reactive ketones (excluding diaryl/α,β-unsaturated/α-hetero) is 2. The van der Waals surface area contributed by atoms with Gasteiger partial charge in [0, 0.05) is 19.4 Å². The molecule has 0 heterocycles. The van der Waals surface area contributed by atoms with E-state index in [2.05, 4.69) is 13.8 Å². The van der Waals surface area contributed by atoms with Crippen molar-refractivity contribution in [2.24, 2.45) is 11.5 Å². The topological polar surface area (TPSA) is 86.2 Å². The first kappa shape index (κ1) is 29.5. The van der Waals surface area contributed by atoms with Crippen molar-refractivity contribution in [3.8, 4) is 0 Å². The van der Waals surface area contributed by atoms with Gasteiger partial charge in [0.05, 0.1) is 0 Å². The summed E-state index contributed by atoms with van der Waals surface area (Å²) >= 11 is 0. The molecule has 0 aromatic rings. The van der Waals surface area contributed by atoms with Gasteiger partial charge in [0.2, 0.25) is 0 Å². The molecule has 0 aromatic carbocycles. The van der Waals surface area contributed by atoms with Gasteiger partial charge >= 0.3 is 29.6 Å². The average molecular weight is 393 g/mol. The van der Waals surface area contributed by atoms with Crippen molar-refractivity contribution in [1.82, 2.24) is 0 Å². The third-order valence-corrected chi connectivity index (χ3v) is 5.33. The number of rotatable bonds is 19. The zero-order valence-corrected chi connectivity index (χ0v) is 17.5. The van der Waals surface area contributed by atoms with E-state index in [1.165, 1.54) is 51.4 Å². The molecule has 156 valence electrons. The third kappa shape index (κ3) is 14.0. The van der Waals surface area contributed by atoms with Crippen molar-refractivity contribution in [2.75, 3.05) is 6.54 Å². The fourth-order valence-electron chi connectivity index (χ4n) is 3.31. The standard InChI is InChI=1S/C22H44N2O2.Na.H/c1-3-5-7-9-11-13-15-17-20(25)22(24,19-23)21(26)18-16-14-12-10-8-6-4-2;;/h3-19,23-24H2,1-2H3;;.